The van der Waals surface area contributed by atoms with Crippen molar-refractivity contribution in [3.63, 3.8) is 0 Å². The molecule has 16 heavy (non-hydrogen) atoms. The van der Waals surface area contributed by atoms with Gasteiger partial charge < -0.3 is 10.6 Å². The molecular formula is C12H14ClN3. The van der Waals surface area contributed by atoms with Crippen molar-refractivity contribution in [2.24, 2.45) is 5.73 Å². The third-order valence-corrected chi connectivity index (χ3v) is 3.22. The molecule has 1 aromatic carbocycles. The number of nitriles is 1. The fourth-order valence-electron chi connectivity index (χ4n) is 2.12. The zero-order valence-electron chi connectivity index (χ0n) is 8.99. The lowest BCUT2D eigenvalue weighted by molar-refractivity contribution is 0.506. The highest BCUT2D eigenvalue weighted by molar-refractivity contribution is 6.32. The van der Waals surface area contributed by atoms with Crippen LogP contribution in [0.15, 0.2) is 18.2 Å². The van der Waals surface area contributed by atoms with Crippen LogP contribution in [0.5, 0.6) is 0 Å². The predicted octanol–water partition coefficient (Wildman–Crippen LogP) is 2.14. The van der Waals surface area contributed by atoms with Gasteiger partial charge in [0.15, 0.2) is 0 Å². The fraction of sp³-hybridized carbons (Fsp3) is 0.417. The standard InChI is InChI=1S/C12H14ClN3/c13-11-4-1-5-12(10(11)7-14)16-6-2-3-9(15)8-16/h1,4-5,9H,2-3,6,8,15H2. The van der Waals surface area contributed by atoms with Gasteiger partial charge in [0.1, 0.15) is 6.07 Å². The van der Waals surface area contributed by atoms with Gasteiger partial charge in [0, 0.05) is 19.1 Å². The van der Waals surface area contributed by atoms with Crippen molar-refractivity contribution in [1.82, 2.24) is 0 Å². The third-order valence-electron chi connectivity index (χ3n) is 2.90. The molecule has 0 aromatic heterocycles. The molecule has 1 atom stereocenters. The maximum absolute atomic E-state index is 9.10. The summed E-state index contributed by atoms with van der Waals surface area (Å²) in [6, 6.07) is 7.91. The van der Waals surface area contributed by atoms with Gasteiger partial charge in [-0.2, -0.15) is 5.26 Å². The fourth-order valence-corrected chi connectivity index (χ4v) is 2.33. The first-order valence-corrected chi connectivity index (χ1v) is 5.79. The van der Waals surface area contributed by atoms with E-state index >= 15 is 0 Å². The summed E-state index contributed by atoms with van der Waals surface area (Å²) in [6.07, 6.45) is 2.12. The highest BCUT2D eigenvalue weighted by Gasteiger charge is 2.20. The smallest absolute Gasteiger partial charge is 0.103 e. The van der Waals surface area contributed by atoms with Crippen molar-refractivity contribution in [2.45, 2.75) is 18.9 Å². The third kappa shape index (κ3) is 2.13. The number of benzene rings is 1. The van der Waals surface area contributed by atoms with Crippen LogP contribution >= 0.6 is 11.6 Å². The molecule has 0 spiro atoms. The minimum absolute atomic E-state index is 0.194. The van der Waals surface area contributed by atoms with Gasteiger partial charge in [-0.15, -0.1) is 0 Å². The van der Waals surface area contributed by atoms with Crippen molar-refractivity contribution >= 4 is 17.3 Å². The molecule has 0 radical (unpaired) electrons. The molecule has 0 bridgehead atoms. The number of hydrogen-bond acceptors (Lipinski definition) is 3. The van der Waals surface area contributed by atoms with Crippen molar-refractivity contribution in [2.75, 3.05) is 18.0 Å². The lowest BCUT2D eigenvalue weighted by atomic mass is 10.0. The number of hydrogen-bond donors (Lipinski definition) is 1. The SMILES string of the molecule is N#Cc1c(Cl)cccc1N1CCCC(N)C1. The summed E-state index contributed by atoms with van der Waals surface area (Å²) in [5.41, 5.74) is 7.40. The van der Waals surface area contributed by atoms with E-state index in [9.17, 15) is 0 Å². The van der Waals surface area contributed by atoms with Crippen LogP contribution in [0.4, 0.5) is 5.69 Å². The normalized spacial score (nSPS) is 20.6. The van der Waals surface area contributed by atoms with Gasteiger partial charge in [0.25, 0.3) is 0 Å². The molecule has 4 heteroatoms. The Bertz CT molecular complexity index is 425. The lowest BCUT2D eigenvalue weighted by Crippen LogP contribution is -2.43. The lowest BCUT2D eigenvalue weighted by Gasteiger charge is -2.33. The van der Waals surface area contributed by atoms with Gasteiger partial charge in [0.05, 0.1) is 16.3 Å². The van der Waals surface area contributed by atoms with E-state index in [0.29, 0.717) is 10.6 Å². The summed E-state index contributed by atoms with van der Waals surface area (Å²) in [5, 5.41) is 9.62. The number of anilines is 1. The van der Waals surface area contributed by atoms with Gasteiger partial charge in [-0.1, -0.05) is 17.7 Å². The van der Waals surface area contributed by atoms with E-state index in [1.165, 1.54) is 0 Å². The molecule has 1 aliphatic rings. The van der Waals surface area contributed by atoms with Crippen LogP contribution in [0, 0.1) is 11.3 Å². The number of piperidine rings is 1. The maximum Gasteiger partial charge on any atom is 0.103 e. The van der Waals surface area contributed by atoms with E-state index in [2.05, 4.69) is 11.0 Å². The molecule has 2 rings (SSSR count). The molecule has 0 amide bonds. The van der Waals surface area contributed by atoms with Crippen LogP contribution in [-0.4, -0.2) is 19.1 Å². The zero-order valence-corrected chi connectivity index (χ0v) is 9.74. The Labute approximate surface area is 100 Å². The second kappa shape index (κ2) is 4.73. The van der Waals surface area contributed by atoms with Crippen LogP contribution in [0.1, 0.15) is 18.4 Å². The Morgan fingerprint density at radius 1 is 1.50 bits per heavy atom. The zero-order chi connectivity index (χ0) is 11.5. The van der Waals surface area contributed by atoms with E-state index in [4.69, 9.17) is 22.6 Å². The first-order chi connectivity index (χ1) is 7.72. The van der Waals surface area contributed by atoms with Crippen molar-refractivity contribution in [1.29, 1.82) is 5.26 Å². The number of nitrogens with zero attached hydrogens (tertiary/aromatic N) is 2. The van der Waals surface area contributed by atoms with Gasteiger partial charge in [-0.25, -0.2) is 0 Å². The minimum Gasteiger partial charge on any atom is -0.369 e. The Hall–Kier alpha value is -1.24. The molecule has 2 N–H and O–H groups in total. The molecule has 0 aliphatic carbocycles. The molecule has 1 saturated heterocycles. The highest BCUT2D eigenvalue weighted by atomic mass is 35.5. The first kappa shape index (κ1) is 11.3. The molecule has 1 aromatic rings. The number of nitrogens with two attached hydrogens (primary N) is 1. The Morgan fingerprint density at radius 3 is 3.00 bits per heavy atom. The van der Waals surface area contributed by atoms with Gasteiger partial charge in [-0.3, -0.25) is 0 Å². The minimum atomic E-state index is 0.194. The van der Waals surface area contributed by atoms with Crippen LogP contribution in [0.2, 0.25) is 5.02 Å². The van der Waals surface area contributed by atoms with Crippen molar-refractivity contribution < 1.29 is 0 Å². The molecule has 1 unspecified atom stereocenters. The summed E-state index contributed by atoms with van der Waals surface area (Å²) >= 11 is 6.00. The van der Waals surface area contributed by atoms with Gasteiger partial charge in [-0.05, 0) is 25.0 Å². The first-order valence-electron chi connectivity index (χ1n) is 5.41. The predicted molar refractivity (Wildman–Crippen MR) is 65.6 cm³/mol. The highest BCUT2D eigenvalue weighted by Crippen LogP contribution is 2.28. The molecule has 1 aliphatic heterocycles. The monoisotopic (exact) mass is 235 g/mol. The summed E-state index contributed by atoms with van der Waals surface area (Å²) < 4.78 is 0. The molecule has 1 fully saturated rings. The van der Waals surface area contributed by atoms with Crippen LogP contribution in [0.25, 0.3) is 0 Å². The van der Waals surface area contributed by atoms with Crippen molar-refractivity contribution in [3.8, 4) is 6.07 Å². The summed E-state index contributed by atoms with van der Waals surface area (Å²) in [4.78, 5) is 2.15. The van der Waals surface area contributed by atoms with Gasteiger partial charge in [0.2, 0.25) is 0 Å². The van der Waals surface area contributed by atoms with Crippen LogP contribution in [0.3, 0.4) is 0 Å². The maximum atomic E-state index is 9.10. The summed E-state index contributed by atoms with van der Waals surface area (Å²) in [7, 11) is 0. The van der Waals surface area contributed by atoms with Crippen LogP contribution in [-0.2, 0) is 0 Å². The number of rotatable bonds is 1. The average molecular weight is 236 g/mol. The Kier molecular flexibility index (Phi) is 3.33. The topological polar surface area (TPSA) is 53.0 Å². The molecule has 0 saturated carbocycles. The number of halogens is 1. The second-order valence-corrected chi connectivity index (χ2v) is 4.50. The average Bonchev–Trinajstić information content (AvgIpc) is 2.28. The van der Waals surface area contributed by atoms with E-state index in [1.54, 1.807) is 6.07 Å². The van der Waals surface area contributed by atoms with E-state index in [1.807, 2.05) is 12.1 Å². The largest absolute Gasteiger partial charge is 0.369 e. The second-order valence-electron chi connectivity index (χ2n) is 4.09. The summed E-state index contributed by atoms with van der Waals surface area (Å²) in [6.45, 7) is 1.75. The molecule has 84 valence electrons. The van der Waals surface area contributed by atoms with Crippen LogP contribution < -0.4 is 10.6 Å². The van der Waals surface area contributed by atoms with E-state index < -0.39 is 0 Å². The van der Waals surface area contributed by atoms with Gasteiger partial charge >= 0.3 is 0 Å². The quantitative estimate of drug-likeness (QED) is 0.812. The van der Waals surface area contributed by atoms with Crippen molar-refractivity contribution in [3.05, 3.63) is 28.8 Å². The molecule has 1 heterocycles. The Morgan fingerprint density at radius 2 is 2.31 bits per heavy atom. The molecule has 3 nitrogen and oxygen atoms in total. The molecular weight excluding hydrogens is 222 g/mol. The van der Waals surface area contributed by atoms with E-state index in [-0.39, 0.29) is 6.04 Å². The Balaban J connectivity index is 2.33. The van der Waals surface area contributed by atoms with E-state index in [0.717, 1.165) is 31.6 Å². The summed E-state index contributed by atoms with van der Waals surface area (Å²) in [5.74, 6) is 0.